The molecule has 0 radical (unpaired) electrons. The van der Waals surface area contributed by atoms with Crippen LogP contribution in [-0.4, -0.2) is 47.0 Å². The van der Waals surface area contributed by atoms with E-state index in [4.69, 9.17) is 4.74 Å². The molecule has 198 valence electrons. The molecule has 9 heteroatoms. The van der Waals surface area contributed by atoms with Crippen LogP contribution in [0.4, 0.5) is 22.4 Å². The summed E-state index contributed by atoms with van der Waals surface area (Å²) in [7, 11) is 1.75. The van der Waals surface area contributed by atoms with Crippen LogP contribution in [0.2, 0.25) is 0 Å². The topological polar surface area (TPSA) is 61.8 Å². The molecule has 1 amide bonds. The molecule has 2 N–H and O–H groups in total. The van der Waals surface area contributed by atoms with Gasteiger partial charge in [0.15, 0.2) is 6.10 Å². The number of benzene rings is 2. The maximum Gasteiger partial charge on any atom is 0.418 e. The molecular weight excluding hydrogens is 476 g/mol. The number of nitrogens with one attached hydrogen (secondary N) is 1. The van der Waals surface area contributed by atoms with Crippen molar-refractivity contribution in [3.63, 3.8) is 0 Å². The minimum Gasteiger partial charge on any atom is -0.444 e. The molecule has 2 aromatic rings. The quantitative estimate of drug-likeness (QED) is 0.444. The van der Waals surface area contributed by atoms with Crippen LogP contribution in [0.1, 0.15) is 63.7 Å². The maximum absolute atomic E-state index is 14.5. The van der Waals surface area contributed by atoms with E-state index in [1.807, 2.05) is 20.8 Å². The average Bonchev–Trinajstić information content (AvgIpc) is 2.81. The molecule has 0 heterocycles. The van der Waals surface area contributed by atoms with E-state index in [1.165, 1.54) is 30.3 Å². The third kappa shape index (κ3) is 7.43. The van der Waals surface area contributed by atoms with Crippen LogP contribution in [0.3, 0.4) is 0 Å². The Hall–Kier alpha value is -2.65. The van der Waals surface area contributed by atoms with Gasteiger partial charge in [0, 0.05) is 31.2 Å². The van der Waals surface area contributed by atoms with Crippen LogP contribution in [0, 0.1) is 5.82 Å². The number of aliphatic hydroxyl groups is 1. The second-order valence-electron chi connectivity index (χ2n) is 10.3. The predicted molar refractivity (Wildman–Crippen MR) is 130 cm³/mol. The number of halogens is 4. The van der Waals surface area contributed by atoms with Gasteiger partial charge >= 0.3 is 12.3 Å². The predicted octanol–water partition coefficient (Wildman–Crippen LogP) is 6.36. The Kier molecular flexibility index (Phi) is 8.67. The number of hydrogen-bond donors (Lipinski definition) is 2. The van der Waals surface area contributed by atoms with Crippen LogP contribution in [0.25, 0.3) is 11.1 Å². The molecule has 1 aliphatic carbocycles. The van der Waals surface area contributed by atoms with Crippen LogP contribution < -0.4 is 5.32 Å². The lowest BCUT2D eigenvalue weighted by Crippen LogP contribution is -2.44. The average molecular weight is 511 g/mol. The fourth-order valence-electron chi connectivity index (χ4n) is 4.34. The molecule has 1 unspecified atom stereocenters. The molecule has 3 rings (SSSR count). The Bertz CT molecular complexity index is 1030. The molecule has 36 heavy (non-hydrogen) atoms. The van der Waals surface area contributed by atoms with Gasteiger partial charge in [-0.15, -0.1) is 0 Å². The summed E-state index contributed by atoms with van der Waals surface area (Å²) in [6, 6.07) is 10.3. The molecule has 2 aromatic carbocycles. The van der Waals surface area contributed by atoms with E-state index >= 15 is 0 Å². The highest BCUT2D eigenvalue weighted by Crippen LogP contribution is 2.33. The largest absolute Gasteiger partial charge is 0.444 e. The number of carbonyl (C=O) groups is 1. The van der Waals surface area contributed by atoms with Gasteiger partial charge in [-0.05, 0) is 75.3 Å². The van der Waals surface area contributed by atoms with E-state index in [2.05, 4.69) is 5.32 Å². The maximum atomic E-state index is 14.5. The Morgan fingerprint density at radius 3 is 2.19 bits per heavy atom. The molecular formula is C27H34F4N2O3. The third-order valence-corrected chi connectivity index (χ3v) is 6.42. The van der Waals surface area contributed by atoms with Crippen molar-refractivity contribution in [1.29, 1.82) is 0 Å². The highest BCUT2D eigenvalue weighted by Gasteiger charge is 2.39. The first kappa shape index (κ1) is 27.9. The highest BCUT2D eigenvalue weighted by molar-refractivity contribution is 5.68. The smallest absolute Gasteiger partial charge is 0.418 e. The summed E-state index contributed by atoms with van der Waals surface area (Å²) >= 11 is 0. The number of nitrogens with zero attached hydrogens (tertiary/aromatic N) is 1. The minimum absolute atomic E-state index is 0.0943. The van der Waals surface area contributed by atoms with Gasteiger partial charge < -0.3 is 20.1 Å². The number of amides is 1. The Morgan fingerprint density at radius 1 is 1.06 bits per heavy atom. The van der Waals surface area contributed by atoms with Crippen molar-refractivity contribution in [2.45, 2.75) is 83.0 Å². The lowest BCUT2D eigenvalue weighted by molar-refractivity contribution is -0.206. The number of aliphatic hydroxyl groups excluding tert-OH is 1. The van der Waals surface area contributed by atoms with Crippen molar-refractivity contribution in [2.75, 3.05) is 7.05 Å². The van der Waals surface area contributed by atoms with Crippen LogP contribution in [0.5, 0.6) is 0 Å². The highest BCUT2D eigenvalue weighted by atomic mass is 19.4. The summed E-state index contributed by atoms with van der Waals surface area (Å²) in [4.78, 5) is 14.0. The Labute approximate surface area is 209 Å². The van der Waals surface area contributed by atoms with Gasteiger partial charge in [0.05, 0.1) is 0 Å². The summed E-state index contributed by atoms with van der Waals surface area (Å²) in [5.41, 5.74) is 0.960. The molecule has 1 atom stereocenters. The molecule has 0 saturated heterocycles. The Morgan fingerprint density at radius 2 is 1.64 bits per heavy atom. The molecule has 0 aromatic heterocycles. The first-order valence-electron chi connectivity index (χ1n) is 12.1. The zero-order valence-corrected chi connectivity index (χ0v) is 21.0. The van der Waals surface area contributed by atoms with Crippen molar-refractivity contribution >= 4 is 6.09 Å². The van der Waals surface area contributed by atoms with E-state index in [1.54, 1.807) is 24.1 Å². The van der Waals surface area contributed by atoms with E-state index in [0.717, 1.165) is 25.7 Å². The van der Waals surface area contributed by atoms with E-state index in [9.17, 15) is 27.5 Å². The van der Waals surface area contributed by atoms with Crippen molar-refractivity contribution < 1.29 is 32.2 Å². The molecule has 0 aliphatic heterocycles. The van der Waals surface area contributed by atoms with Gasteiger partial charge in [-0.3, -0.25) is 0 Å². The zero-order chi connectivity index (χ0) is 26.7. The molecule has 0 bridgehead atoms. The SMILES string of the molecule is CN(C(=O)OC(C)(C)C)C1CCC(NCc2cc(-c3ccc(C(O)C(F)(F)F)cc3)ccc2F)CC1. The second kappa shape index (κ2) is 11.2. The monoisotopic (exact) mass is 510 g/mol. The molecule has 1 fully saturated rings. The number of hydrogen-bond acceptors (Lipinski definition) is 4. The van der Waals surface area contributed by atoms with Gasteiger partial charge in [0.25, 0.3) is 0 Å². The minimum atomic E-state index is -4.74. The van der Waals surface area contributed by atoms with Gasteiger partial charge in [-0.1, -0.05) is 30.3 Å². The standard InChI is InChI=1S/C27H34F4N2O3/c1-26(2,3)36-25(35)33(4)22-12-10-21(11-13-22)32-16-20-15-19(9-14-23(20)28)17-5-7-18(8-6-17)24(34)27(29,30)31/h5-9,14-15,21-22,24,32,34H,10-13,16H2,1-4H3. The number of alkyl halides is 3. The first-order chi connectivity index (χ1) is 16.7. The van der Waals surface area contributed by atoms with Crippen LogP contribution in [0.15, 0.2) is 42.5 Å². The van der Waals surface area contributed by atoms with Crippen molar-refractivity contribution in [3.8, 4) is 11.1 Å². The number of rotatable bonds is 6. The fourth-order valence-corrected chi connectivity index (χ4v) is 4.34. The summed E-state index contributed by atoms with van der Waals surface area (Å²) in [5, 5.41) is 12.8. The summed E-state index contributed by atoms with van der Waals surface area (Å²) < 4.78 is 58.1. The Balaban J connectivity index is 1.57. The summed E-state index contributed by atoms with van der Waals surface area (Å²) in [6.45, 7) is 5.81. The van der Waals surface area contributed by atoms with E-state index in [0.29, 0.717) is 23.2 Å². The van der Waals surface area contributed by atoms with E-state index in [-0.39, 0.29) is 29.6 Å². The lowest BCUT2D eigenvalue weighted by atomic mass is 9.90. The van der Waals surface area contributed by atoms with Gasteiger partial charge in [0.2, 0.25) is 0 Å². The van der Waals surface area contributed by atoms with Crippen LogP contribution in [-0.2, 0) is 11.3 Å². The second-order valence-corrected chi connectivity index (χ2v) is 10.3. The number of ether oxygens (including phenoxy) is 1. The number of carbonyl (C=O) groups excluding carboxylic acids is 1. The molecule has 0 spiro atoms. The molecule has 1 saturated carbocycles. The third-order valence-electron chi connectivity index (χ3n) is 6.42. The van der Waals surface area contributed by atoms with Gasteiger partial charge in [-0.2, -0.15) is 13.2 Å². The first-order valence-corrected chi connectivity index (χ1v) is 12.1. The van der Waals surface area contributed by atoms with Crippen molar-refractivity contribution in [2.24, 2.45) is 0 Å². The summed E-state index contributed by atoms with van der Waals surface area (Å²) in [6.07, 6.45) is -4.32. The van der Waals surface area contributed by atoms with E-state index < -0.39 is 17.9 Å². The fraction of sp³-hybridized carbons (Fsp3) is 0.519. The van der Waals surface area contributed by atoms with Gasteiger partial charge in [-0.25, -0.2) is 9.18 Å². The molecule has 5 nitrogen and oxygen atoms in total. The lowest BCUT2D eigenvalue weighted by Gasteiger charge is -2.35. The summed E-state index contributed by atoms with van der Waals surface area (Å²) in [5.74, 6) is -0.367. The molecule has 1 aliphatic rings. The van der Waals surface area contributed by atoms with Crippen LogP contribution >= 0.6 is 0 Å². The van der Waals surface area contributed by atoms with Gasteiger partial charge in [0.1, 0.15) is 11.4 Å². The zero-order valence-electron chi connectivity index (χ0n) is 21.0. The normalized spacial score (nSPS) is 19.6. The van der Waals surface area contributed by atoms with Crippen molar-refractivity contribution in [1.82, 2.24) is 10.2 Å². The van der Waals surface area contributed by atoms with Crippen molar-refractivity contribution in [3.05, 3.63) is 59.4 Å².